The predicted molar refractivity (Wildman–Crippen MR) is 97.8 cm³/mol. The molecule has 0 saturated heterocycles. The Morgan fingerprint density at radius 2 is 1.67 bits per heavy atom. The van der Waals surface area contributed by atoms with Crippen LogP contribution in [0.1, 0.15) is 26.3 Å². The SMILES string of the molecule is COC(=O)c1ccc(C(=O)OC)c(NC(=O)/C(C#N)=C/c2ccccc2)c1. The quantitative estimate of drug-likeness (QED) is 0.497. The predicted octanol–water partition coefficient (Wildman–Crippen LogP) is 2.81. The Morgan fingerprint density at radius 1 is 1.00 bits per heavy atom. The van der Waals surface area contributed by atoms with Gasteiger partial charge in [0.25, 0.3) is 5.91 Å². The van der Waals surface area contributed by atoms with Gasteiger partial charge in [0.2, 0.25) is 0 Å². The summed E-state index contributed by atoms with van der Waals surface area (Å²) >= 11 is 0. The van der Waals surface area contributed by atoms with Gasteiger partial charge in [-0.05, 0) is 29.8 Å². The van der Waals surface area contributed by atoms with E-state index >= 15 is 0 Å². The van der Waals surface area contributed by atoms with E-state index in [-0.39, 0.29) is 22.4 Å². The fraction of sp³-hybridized carbons (Fsp3) is 0.100. The lowest BCUT2D eigenvalue weighted by atomic mass is 10.1. The number of hydrogen-bond donors (Lipinski definition) is 1. The summed E-state index contributed by atoms with van der Waals surface area (Å²) in [5, 5.41) is 11.8. The van der Waals surface area contributed by atoms with E-state index in [1.54, 1.807) is 24.3 Å². The number of ether oxygens (including phenoxy) is 2. The highest BCUT2D eigenvalue weighted by Crippen LogP contribution is 2.21. The lowest BCUT2D eigenvalue weighted by Gasteiger charge is -2.11. The summed E-state index contributed by atoms with van der Waals surface area (Å²) in [4.78, 5) is 36.1. The Kier molecular flexibility index (Phi) is 6.44. The first kappa shape index (κ1) is 19.4. The number of anilines is 1. The first-order chi connectivity index (χ1) is 13.0. The van der Waals surface area contributed by atoms with Gasteiger partial charge in [-0.2, -0.15) is 5.26 Å². The van der Waals surface area contributed by atoms with Crippen molar-refractivity contribution in [2.45, 2.75) is 0 Å². The maximum atomic E-state index is 12.5. The Hall–Kier alpha value is -3.92. The number of carbonyl (C=O) groups is 3. The fourth-order valence-electron chi connectivity index (χ4n) is 2.23. The highest BCUT2D eigenvalue weighted by molar-refractivity contribution is 6.12. The van der Waals surface area contributed by atoms with Crippen molar-refractivity contribution in [3.05, 3.63) is 70.8 Å². The third kappa shape index (κ3) is 4.80. The zero-order valence-electron chi connectivity index (χ0n) is 14.7. The molecular formula is C20H16N2O5. The third-order valence-corrected chi connectivity index (χ3v) is 3.57. The topological polar surface area (TPSA) is 105 Å². The zero-order chi connectivity index (χ0) is 19.8. The van der Waals surface area contributed by atoms with E-state index in [9.17, 15) is 19.6 Å². The molecule has 27 heavy (non-hydrogen) atoms. The Balaban J connectivity index is 2.39. The molecular weight excluding hydrogens is 348 g/mol. The van der Waals surface area contributed by atoms with Crippen LogP contribution in [-0.2, 0) is 14.3 Å². The van der Waals surface area contributed by atoms with Crippen molar-refractivity contribution in [3.8, 4) is 6.07 Å². The molecule has 0 aliphatic carbocycles. The van der Waals surface area contributed by atoms with Crippen molar-refractivity contribution in [1.29, 1.82) is 5.26 Å². The molecule has 2 aromatic rings. The van der Waals surface area contributed by atoms with Gasteiger partial charge in [-0.3, -0.25) is 4.79 Å². The van der Waals surface area contributed by atoms with Gasteiger partial charge in [-0.15, -0.1) is 0 Å². The smallest absolute Gasteiger partial charge is 0.339 e. The Labute approximate surface area is 155 Å². The summed E-state index contributed by atoms with van der Waals surface area (Å²) < 4.78 is 9.32. The molecule has 0 spiro atoms. The van der Waals surface area contributed by atoms with Crippen LogP contribution in [-0.4, -0.2) is 32.1 Å². The molecule has 0 bridgehead atoms. The Morgan fingerprint density at radius 3 is 2.26 bits per heavy atom. The van der Waals surface area contributed by atoms with E-state index in [1.807, 2.05) is 12.1 Å². The number of nitrogens with one attached hydrogen (secondary N) is 1. The maximum Gasteiger partial charge on any atom is 0.339 e. The minimum atomic E-state index is -0.728. The van der Waals surface area contributed by atoms with E-state index < -0.39 is 17.8 Å². The number of amides is 1. The highest BCUT2D eigenvalue weighted by Gasteiger charge is 2.19. The molecule has 0 aliphatic heterocycles. The third-order valence-electron chi connectivity index (χ3n) is 3.57. The molecule has 0 radical (unpaired) electrons. The van der Waals surface area contributed by atoms with E-state index in [4.69, 9.17) is 0 Å². The second-order valence-corrected chi connectivity index (χ2v) is 5.28. The molecule has 2 rings (SSSR count). The zero-order valence-corrected chi connectivity index (χ0v) is 14.7. The number of rotatable bonds is 5. The van der Waals surface area contributed by atoms with Crippen LogP contribution in [0.5, 0.6) is 0 Å². The summed E-state index contributed by atoms with van der Waals surface area (Å²) in [5.74, 6) is -2.07. The van der Waals surface area contributed by atoms with Gasteiger partial charge < -0.3 is 14.8 Å². The van der Waals surface area contributed by atoms with Crippen molar-refractivity contribution < 1.29 is 23.9 Å². The van der Waals surface area contributed by atoms with Gasteiger partial charge in [-0.25, -0.2) is 9.59 Å². The van der Waals surface area contributed by atoms with Gasteiger partial charge >= 0.3 is 11.9 Å². The molecule has 0 aliphatic rings. The molecule has 7 heteroatoms. The average molecular weight is 364 g/mol. The summed E-state index contributed by atoms with van der Waals surface area (Å²) in [6, 6.07) is 14.6. The van der Waals surface area contributed by atoms with Crippen molar-refractivity contribution in [2.24, 2.45) is 0 Å². The number of esters is 2. The molecule has 0 saturated carbocycles. The van der Waals surface area contributed by atoms with Crippen LogP contribution in [0, 0.1) is 11.3 Å². The van der Waals surface area contributed by atoms with Crippen LogP contribution < -0.4 is 5.32 Å². The highest BCUT2D eigenvalue weighted by atomic mass is 16.5. The van der Waals surface area contributed by atoms with Crippen molar-refractivity contribution in [3.63, 3.8) is 0 Å². The molecule has 1 amide bonds. The van der Waals surface area contributed by atoms with Crippen LogP contribution in [0.3, 0.4) is 0 Å². The molecule has 0 heterocycles. The monoisotopic (exact) mass is 364 g/mol. The fourth-order valence-corrected chi connectivity index (χ4v) is 2.23. The van der Waals surface area contributed by atoms with Crippen molar-refractivity contribution in [2.75, 3.05) is 19.5 Å². The lowest BCUT2D eigenvalue weighted by Crippen LogP contribution is -2.17. The van der Waals surface area contributed by atoms with E-state index in [0.717, 1.165) is 0 Å². The first-order valence-corrected chi connectivity index (χ1v) is 7.79. The van der Waals surface area contributed by atoms with E-state index in [1.165, 1.54) is 38.5 Å². The number of nitriles is 1. The number of benzene rings is 2. The maximum absolute atomic E-state index is 12.5. The van der Waals surface area contributed by atoms with Crippen LogP contribution in [0.25, 0.3) is 6.08 Å². The molecule has 1 N–H and O–H groups in total. The molecule has 136 valence electrons. The normalized spacial score (nSPS) is 10.5. The average Bonchev–Trinajstić information content (AvgIpc) is 2.71. The molecule has 0 aromatic heterocycles. The summed E-state index contributed by atoms with van der Waals surface area (Å²) in [6.07, 6.45) is 1.41. The summed E-state index contributed by atoms with van der Waals surface area (Å²) in [6.45, 7) is 0. The molecule has 2 aromatic carbocycles. The van der Waals surface area contributed by atoms with Gasteiger partial charge in [0, 0.05) is 0 Å². The van der Waals surface area contributed by atoms with Crippen LogP contribution in [0.2, 0.25) is 0 Å². The molecule has 0 atom stereocenters. The minimum absolute atomic E-state index is 0.0314. The number of methoxy groups -OCH3 is 2. The molecule has 0 unspecified atom stereocenters. The number of hydrogen-bond acceptors (Lipinski definition) is 6. The van der Waals surface area contributed by atoms with E-state index in [0.29, 0.717) is 5.56 Å². The minimum Gasteiger partial charge on any atom is -0.465 e. The largest absolute Gasteiger partial charge is 0.465 e. The lowest BCUT2D eigenvalue weighted by molar-refractivity contribution is -0.112. The first-order valence-electron chi connectivity index (χ1n) is 7.79. The van der Waals surface area contributed by atoms with Crippen LogP contribution >= 0.6 is 0 Å². The molecule has 7 nitrogen and oxygen atoms in total. The van der Waals surface area contributed by atoms with Gasteiger partial charge in [0.05, 0.1) is 31.0 Å². The summed E-state index contributed by atoms with van der Waals surface area (Å²) in [7, 11) is 2.41. The Bertz CT molecular complexity index is 943. The standard InChI is InChI=1S/C20H16N2O5/c1-26-19(24)14-8-9-16(20(25)27-2)17(11-14)22-18(23)15(12-21)10-13-6-4-3-5-7-13/h3-11H,1-2H3,(H,22,23)/b15-10+. The van der Waals surface area contributed by atoms with Crippen LogP contribution in [0.4, 0.5) is 5.69 Å². The van der Waals surface area contributed by atoms with Gasteiger partial charge in [0.15, 0.2) is 0 Å². The van der Waals surface area contributed by atoms with Gasteiger partial charge in [-0.1, -0.05) is 30.3 Å². The number of carbonyl (C=O) groups excluding carboxylic acids is 3. The van der Waals surface area contributed by atoms with Crippen molar-refractivity contribution >= 4 is 29.6 Å². The van der Waals surface area contributed by atoms with Crippen LogP contribution in [0.15, 0.2) is 54.1 Å². The van der Waals surface area contributed by atoms with Crippen molar-refractivity contribution in [1.82, 2.24) is 0 Å². The second kappa shape index (κ2) is 8.97. The number of nitrogens with zero attached hydrogens (tertiary/aromatic N) is 1. The summed E-state index contributed by atoms with van der Waals surface area (Å²) in [5.41, 5.74) is 0.701. The molecule has 0 fully saturated rings. The van der Waals surface area contributed by atoms with Gasteiger partial charge in [0.1, 0.15) is 11.6 Å². The van der Waals surface area contributed by atoms with E-state index in [2.05, 4.69) is 14.8 Å². The second-order valence-electron chi connectivity index (χ2n) is 5.28.